The molecule has 5 rings (SSSR count). The molecule has 0 unspecified atom stereocenters. The summed E-state index contributed by atoms with van der Waals surface area (Å²) in [6, 6.07) is 17.4. The van der Waals surface area contributed by atoms with Crippen molar-refractivity contribution in [3.05, 3.63) is 83.2 Å². The van der Waals surface area contributed by atoms with E-state index in [9.17, 15) is 9.90 Å². The molecule has 0 amide bonds. The Morgan fingerprint density at radius 2 is 1.91 bits per heavy atom. The molecule has 1 aliphatic carbocycles. The summed E-state index contributed by atoms with van der Waals surface area (Å²) < 4.78 is 0. The summed E-state index contributed by atoms with van der Waals surface area (Å²) in [6.45, 7) is 1.58. The Labute approximate surface area is 201 Å². The fraction of sp³-hybridized carbons (Fsp3) is 0.357. The van der Waals surface area contributed by atoms with Crippen LogP contribution in [0.25, 0.3) is 0 Å². The highest BCUT2D eigenvalue weighted by Gasteiger charge is 2.26. The lowest BCUT2D eigenvalue weighted by Gasteiger charge is -2.36. The van der Waals surface area contributed by atoms with E-state index in [1.165, 1.54) is 59.6 Å². The minimum absolute atomic E-state index is 0.159. The number of nitrogens with zero attached hydrogens (tertiary/aromatic N) is 3. The third kappa shape index (κ3) is 4.77. The van der Waals surface area contributed by atoms with Gasteiger partial charge in [-0.1, -0.05) is 18.2 Å². The van der Waals surface area contributed by atoms with Crippen molar-refractivity contribution in [1.82, 2.24) is 9.88 Å². The van der Waals surface area contributed by atoms with Crippen LogP contribution in [-0.4, -0.2) is 48.1 Å². The van der Waals surface area contributed by atoms with Crippen LogP contribution in [0.3, 0.4) is 0 Å². The van der Waals surface area contributed by atoms with Gasteiger partial charge in [-0.25, -0.2) is 4.79 Å². The van der Waals surface area contributed by atoms with E-state index in [4.69, 9.17) is 0 Å². The smallest absolute Gasteiger partial charge is 0.337 e. The molecule has 6 nitrogen and oxygen atoms in total. The molecular weight excluding hydrogens is 424 g/mol. The van der Waals surface area contributed by atoms with Crippen LogP contribution in [-0.2, 0) is 12.8 Å². The maximum absolute atomic E-state index is 11.5. The highest BCUT2D eigenvalue weighted by atomic mass is 16.4. The topological polar surface area (TPSA) is 68.7 Å². The van der Waals surface area contributed by atoms with Crippen molar-refractivity contribution in [3.63, 3.8) is 0 Å². The van der Waals surface area contributed by atoms with E-state index in [1.807, 2.05) is 0 Å². The van der Waals surface area contributed by atoms with Crippen molar-refractivity contribution >= 4 is 23.0 Å². The number of hydrogen-bond acceptors (Lipinski definition) is 5. The van der Waals surface area contributed by atoms with Gasteiger partial charge in [0.1, 0.15) is 0 Å². The number of fused-ring (bicyclic) bond motifs is 1. The van der Waals surface area contributed by atoms with Gasteiger partial charge in [0, 0.05) is 37.7 Å². The molecular formula is C28H32N4O2. The zero-order chi connectivity index (χ0) is 23.7. The van der Waals surface area contributed by atoms with Crippen LogP contribution < -0.4 is 10.2 Å². The summed E-state index contributed by atoms with van der Waals surface area (Å²) in [7, 11) is 4.25. The number of carboxylic acids is 1. The predicted octanol–water partition coefficient (Wildman–Crippen LogP) is 5.14. The first-order chi connectivity index (χ1) is 16.5. The van der Waals surface area contributed by atoms with Crippen molar-refractivity contribution in [1.29, 1.82) is 0 Å². The molecule has 0 saturated heterocycles. The van der Waals surface area contributed by atoms with E-state index < -0.39 is 5.97 Å². The van der Waals surface area contributed by atoms with E-state index >= 15 is 0 Å². The normalized spacial score (nSPS) is 17.8. The van der Waals surface area contributed by atoms with Gasteiger partial charge in [0.15, 0.2) is 0 Å². The zero-order valence-electron chi connectivity index (χ0n) is 19.9. The monoisotopic (exact) mass is 456 g/mol. The maximum Gasteiger partial charge on any atom is 0.337 e. The van der Waals surface area contributed by atoms with Crippen molar-refractivity contribution in [2.24, 2.45) is 5.92 Å². The van der Waals surface area contributed by atoms with Crippen LogP contribution in [0.15, 0.2) is 60.9 Å². The van der Waals surface area contributed by atoms with Gasteiger partial charge >= 0.3 is 5.97 Å². The second-order valence-corrected chi connectivity index (χ2v) is 9.61. The average molecular weight is 457 g/mol. The first kappa shape index (κ1) is 22.4. The van der Waals surface area contributed by atoms with Crippen LogP contribution in [0, 0.1) is 5.92 Å². The Morgan fingerprint density at radius 1 is 1.15 bits per heavy atom. The molecule has 2 aliphatic rings. The Kier molecular flexibility index (Phi) is 6.24. The van der Waals surface area contributed by atoms with Gasteiger partial charge < -0.3 is 15.3 Å². The van der Waals surface area contributed by atoms with E-state index in [-0.39, 0.29) is 11.6 Å². The average Bonchev–Trinajstić information content (AvgIpc) is 3.67. The Morgan fingerprint density at radius 3 is 2.65 bits per heavy atom. The lowest BCUT2D eigenvalue weighted by molar-refractivity contribution is 0.0697. The highest BCUT2D eigenvalue weighted by molar-refractivity contribution is 5.93. The molecule has 176 valence electrons. The molecule has 1 atom stereocenters. The minimum Gasteiger partial charge on any atom is -0.478 e. The molecule has 2 N–H and O–H groups in total. The second-order valence-electron chi connectivity index (χ2n) is 9.61. The van der Waals surface area contributed by atoms with Gasteiger partial charge in [-0.05, 0) is 85.7 Å². The number of aromatic carboxylic acids is 1. The summed E-state index contributed by atoms with van der Waals surface area (Å²) >= 11 is 0. The largest absolute Gasteiger partial charge is 0.478 e. The van der Waals surface area contributed by atoms with Crippen LogP contribution in [0.4, 0.5) is 17.1 Å². The Hall–Kier alpha value is -3.38. The molecule has 0 radical (unpaired) electrons. The molecule has 1 fully saturated rings. The molecule has 0 spiro atoms. The van der Waals surface area contributed by atoms with E-state index in [0.717, 1.165) is 18.9 Å². The SMILES string of the molecule is CN(c1ccc(CC2CC2)cc1)c1ccc2c(c1)CCN(C)[C@@H]2CNc1cnccc1C(=O)O. The number of aromatic nitrogens is 1. The van der Waals surface area contributed by atoms with E-state index in [0.29, 0.717) is 12.2 Å². The number of likely N-dealkylation sites (N-methyl/N-ethyl adjacent to an activating group) is 1. The van der Waals surface area contributed by atoms with Gasteiger partial charge in [-0.2, -0.15) is 0 Å². The Bertz CT molecular complexity index is 1170. The molecule has 2 heterocycles. The number of rotatable bonds is 8. The molecule has 1 saturated carbocycles. The van der Waals surface area contributed by atoms with Crippen molar-refractivity contribution in [2.75, 3.05) is 37.4 Å². The van der Waals surface area contributed by atoms with Gasteiger partial charge in [0.25, 0.3) is 0 Å². The van der Waals surface area contributed by atoms with Crippen molar-refractivity contribution in [2.45, 2.75) is 31.7 Å². The third-order valence-corrected chi connectivity index (χ3v) is 7.22. The van der Waals surface area contributed by atoms with Crippen LogP contribution in [0.1, 0.15) is 45.9 Å². The molecule has 3 aromatic rings. The van der Waals surface area contributed by atoms with Crippen LogP contribution in [0.5, 0.6) is 0 Å². The lowest BCUT2D eigenvalue weighted by Crippen LogP contribution is -2.36. The molecule has 1 aromatic heterocycles. The lowest BCUT2D eigenvalue weighted by atomic mass is 9.92. The molecule has 0 bridgehead atoms. The van der Waals surface area contributed by atoms with Gasteiger partial charge in [0.05, 0.1) is 23.5 Å². The van der Waals surface area contributed by atoms with Crippen molar-refractivity contribution in [3.8, 4) is 0 Å². The van der Waals surface area contributed by atoms with Gasteiger partial charge in [0.2, 0.25) is 0 Å². The van der Waals surface area contributed by atoms with Crippen LogP contribution in [0.2, 0.25) is 0 Å². The fourth-order valence-electron chi connectivity index (χ4n) is 4.89. The number of nitrogens with one attached hydrogen (secondary N) is 1. The van der Waals surface area contributed by atoms with E-state index in [2.05, 4.69) is 76.7 Å². The number of anilines is 3. The predicted molar refractivity (Wildman–Crippen MR) is 136 cm³/mol. The minimum atomic E-state index is -0.949. The van der Waals surface area contributed by atoms with Gasteiger partial charge in [-0.3, -0.25) is 9.88 Å². The summed E-state index contributed by atoms with van der Waals surface area (Å²) in [5.41, 5.74) is 7.26. The number of pyridine rings is 1. The number of carboxylic acid groups (broad SMARTS) is 1. The first-order valence-corrected chi connectivity index (χ1v) is 12.1. The van der Waals surface area contributed by atoms with E-state index in [1.54, 1.807) is 6.20 Å². The maximum atomic E-state index is 11.5. The summed E-state index contributed by atoms with van der Waals surface area (Å²) in [5.74, 6) is -0.0470. The highest BCUT2D eigenvalue weighted by Crippen LogP contribution is 2.35. The number of hydrogen-bond donors (Lipinski definition) is 2. The standard InChI is InChI=1S/C28H32N4O2/c1-31-14-12-21-16-23(32(2)22-7-5-20(6-8-22)15-19-3-4-19)9-10-24(21)27(31)18-30-26-17-29-13-11-25(26)28(33)34/h5-11,13,16-17,19,27,30H,3-4,12,14-15,18H2,1-2H3,(H,33,34)/t27-/m1/s1. The third-order valence-electron chi connectivity index (χ3n) is 7.22. The summed E-state index contributed by atoms with van der Waals surface area (Å²) in [6.07, 6.45) is 8.06. The van der Waals surface area contributed by atoms with Crippen LogP contribution >= 0.6 is 0 Å². The Balaban J connectivity index is 1.32. The summed E-state index contributed by atoms with van der Waals surface area (Å²) in [4.78, 5) is 20.2. The summed E-state index contributed by atoms with van der Waals surface area (Å²) in [5, 5.41) is 12.8. The quantitative estimate of drug-likeness (QED) is 0.489. The number of benzene rings is 2. The second kappa shape index (κ2) is 9.47. The first-order valence-electron chi connectivity index (χ1n) is 12.1. The van der Waals surface area contributed by atoms with Gasteiger partial charge in [-0.15, -0.1) is 0 Å². The fourth-order valence-corrected chi connectivity index (χ4v) is 4.89. The molecule has 6 heteroatoms. The zero-order valence-corrected chi connectivity index (χ0v) is 19.9. The molecule has 2 aromatic carbocycles. The van der Waals surface area contributed by atoms with Crippen molar-refractivity contribution < 1.29 is 9.90 Å². The number of carbonyl (C=O) groups is 1. The molecule has 34 heavy (non-hydrogen) atoms. The molecule has 1 aliphatic heterocycles.